The highest BCUT2D eigenvalue weighted by Gasteiger charge is 2.07. The molecular formula is C19H17ClN2. The van der Waals surface area contributed by atoms with Crippen LogP contribution in [0.5, 0.6) is 0 Å². The zero-order valence-corrected chi connectivity index (χ0v) is 12.9. The summed E-state index contributed by atoms with van der Waals surface area (Å²) in [5.74, 6) is 0. The first kappa shape index (κ1) is 14.8. The Bertz CT molecular complexity index is 739. The molecule has 0 fully saturated rings. The standard InChI is InChI=1S/C19H17ClN2/c20-18-6-4-15(5-7-18)17-3-1-2-14(12-17)13-19(21)16-8-10-22-11-9-16/h1-12,19H,13,21H2. The van der Waals surface area contributed by atoms with Crippen LogP contribution in [0.1, 0.15) is 17.2 Å². The number of hydrogen-bond acceptors (Lipinski definition) is 2. The maximum absolute atomic E-state index is 6.29. The van der Waals surface area contributed by atoms with Gasteiger partial charge in [0.1, 0.15) is 0 Å². The van der Waals surface area contributed by atoms with Crippen molar-refractivity contribution in [2.45, 2.75) is 12.5 Å². The molecule has 1 unspecified atom stereocenters. The summed E-state index contributed by atoms with van der Waals surface area (Å²) in [5, 5.41) is 0.750. The zero-order chi connectivity index (χ0) is 15.4. The van der Waals surface area contributed by atoms with E-state index in [2.05, 4.69) is 29.2 Å². The molecule has 2 N–H and O–H groups in total. The maximum Gasteiger partial charge on any atom is 0.0406 e. The average Bonchev–Trinajstić information content (AvgIpc) is 2.56. The van der Waals surface area contributed by atoms with Crippen LogP contribution in [0.2, 0.25) is 5.02 Å². The normalized spacial score (nSPS) is 12.1. The number of halogens is 1. The Labute approximate surface area is 135 Å². The van der Waals surface area contributed by atoms with E-state index >= 15 is 0 Å². The lowest BCUT2D eigenvalue weighted by Crippen LogP contribution is -2.13. The summed E-state index contributed by atoms with van der Waals surface area (Å²) in [6.45, 7) is 0. The Balaban J connectivity index is 1.81. The van der Waals surface area contributed by atoms with Gasteiger partial charge in [-0.3, -0.25) is 4.98 Å². The van der Waals surface area contributed by atoms with E-state index in [1.165, 1.54) is 11.1 Å². The van der Waals surface area contributed by atoms with Crippen molar-refractivity contribution in [2.24, 2.45) is 5.73 Å². The second-order valence-corrected chi connectivity index (χ2v) is 5.73. The quantitative estimate of drug-likeness (QED) is 0.762. The Kier molecular flexibility index (Phi) is 4.52. The molecule has 0 aliphatic rings. The fourth-order valence-electron chi connectivity index (χ4n) is 2.50. The molecule has 2 aromatic carbocycles. The molecule has 1 heterocycles. The molecule has 0 radical (unpaired) electrons. The third-order valence-electron chi connectivity index (χ3n) is 3.69. The molecule has 1 atom stereocenters. The summed E-state index contributed by atoms with van der Waals surface area (Å²) >= 11 is 5.95. The first-order chi connectivity index (χ1) is 10.7. The first-order valence-corrected chi connectivity index (χ1v) is 7.60. The van der Waals surface area contributed by atoms with E-state index in [0.29, 0.717) is 0 Å². The molecule has 0 aliphatic heterocycles. The number of aromatic nitrogens is 1. The van der Waals surface area contributed by atoms with E-state index in [9.17, 15) is 0 Å². The van der Waals surface area contributed by atoms with Gasteiger partial charge in [-0.15, -0.1) is 0 Å². The Morgan fingerprint density at radius 1 is 0.909 bits per heavy atom. The number of hydrogen-bond donors (Lipinski definition) is 1. The van der Waals surface area contributed by atoms with Crippen LogP contribution in [-0.4, -0.2) is 4.98 Å². The summed E-state index contributed by atoms with van der Waals surface area (Å²) in [5.41, 5.74) is 10.9. The van der Waals surface area contributed by atoms with Gasteiger partial charge >= 0.3 is 0 Å². The van der Waals surface area contributed by atoms with Gasteiger partial charge in [0.2, 0.25) is 0 Å². The molecule has 0 bridgehead atoms. The van der Waals surface area contributed by atoms with E-state index in [-0.39, 0.29) is 6.04 Å². The van der Waals surface area contributed by atoms with E-state index in [1.54, 1.807) is 12.4 Å². The number of pyridine rings is 1. The second kappa shape index (κ2) is 6.73. The van der Waals surface area contributed by atoms with E-state index in [1.807, 2.05) is 36.4 Å². The van der Waals surface area contributed by atoms with Crippen LogP contribution in [0, 0.1) is 0 Å². The van der Waals surface area contributed by atoms with E-state index in [0.717, 1.165) is 22.6 Å². The van der Waals surface area contributed by atoms with Gasteiger partial charge in [-0.2, -0.15) is 0 Å². The van der Waals surface area contributed by atoms with Crippen molar-refractivity contribution in [1.29, 1.82) is 0 Å². The molecule has 2 nitrogen and oxygen atoms in total. The first-order valence-electron chi connectivity index (χ1n) is 7.23. The number of nitrogens with two attached hydrogens (primary N) is 1. The molecule has 0 saturated heterocycles. The van der Waals surface area contributed by atoms with Gasteiger partial charge in [0.15, 0.2) is 0 Å². The molecule has 0 aliphatic carbocycles. The lowest BCUT2D eigenvalue weighted by Gasteiger charge is -2.13. The monoisotopic (exact) mass is 308 g/mol. The van der Waals surface area contributed by atoms with Gasteiger partial charge in [0, 0.05) is 23.5 Å². The van der Waals surface area contributed by atoms with Gasteiger partial charge in [-0.05, 0) is 52.9 Å². The van der Waals surface area contributed by atoms with Crippen LogP contribution in [0.3, 0.4) is 0 Å². The highest BCUT2D eigenvalue weighted by Crippen LogP contribution is 2.24. The van der Waals surface area contributed by atoms with Crippen molar-refractivity contribution in [3.63, 3.8) is 0 Å². The Morgan fingerprint density at radius 2 is 1.64 bits per heavy atom. The third-order valence-corrected chi connectivity index (χ3v) is 3.95. The van der Waals surface area contributed by atoms with Crippen LogP contribution >= 0.6 is 11.6 Å². The number of benzene rings is 2. The highest BCUT2D eigenvalue weighted by atomic mass is 35.5. The van der Waals surface area contributed by atoms with Crippen LogP contribution < -0.4 is 5.73 Å². The van der Waals surface area contributed by atoms with E-state index in [4.69, 9.17) is 17.3 Å². The predicted molar refractivity (Wildman–Crippen MR) is 91.8 cm³/mol. The van der Waals surface area contributed by atoms with Gasteiger partial charge < -0.3 is 5.73 Å². The summed E-state index contributed by atoms with van der Waals surface area (Å²) in [4.78, 5) is 4.03. The minimum Gasteiger partial charge on any atom is -0.324 e. The second-order valence-electron chi connectivity index (χ2n) is 5.30. The van der Waals surface area contributed by atoms with Crippen molar-refractivity contribution < 1.29 is 0 Å². The summed E-state index contributed by atoms with van der Waals surface area (Å²) in [6.07, 6.45) is 4.35. The molecule has 22 heavy (non-hydrogen) atoms. The Hall–Kier alpha value is -2.16. The minimum absolute atomic E-state index is 0.0246. The van der Waals surface area contributed by atoms with Gasteiger partial charge in [0.25, 0.3) is 0 Å². The zero-order valence-electron chi connectivity index (χ0n) is 12.1. The summed E-state index contributed by atoms with van der Waals surface area (Å²) in [7, 11) is 0. The molecular weight excluding hydrogens is 292 g/mol. The number of rotatable bonds is 4. The average molecular weight is 309 g/mol. The smallest absolute Gasteiger partial charge is 0.0406 e. The molecule has 0 saturated carbocycles. The Morgan fingerprint density at radius 3 is 2.36 bits per heavy atom. The van der Waals surface area contributed by atoms with Gasteiger partial charge in [-0.25, -0.2) is 0 Å². The fraction of sp³-hybridized carbons (Fsp3) is 0.105. The lowest BCUT2D eigenvalue weighted by molar-refractivity contribution is 0.720. The van der Waals surface area contributed by atoms with Crippen molar-refractivity contribution in [1.82, 2.24) is 4.98 Å². The molecule has 1 aromatic heterocycles. The van der Waals surface area contributed by atoms with Crippen LogP contribution in [0.4, 0.5) is 0 Å². The summed E-state index contributed by atoms with van der Waals surface area (Å²) in [6, 6.07) is 20.3. The molecule has 3 aromatic rings. The predicted octanol–water partition coefficient (Wildman–Crippen LogP) is 4.64. The van der Waals surface area contributed by atoms with Gasteiger partial charge in [0.05, 0.1) is 0 Å². The largest absolute Gasteiger partial charge is 0.324 e. The summed E-state index contributed by atoms with van der Waals surface area (Å²) < 4.78 is 0. The van der Waals surface area contributed by atoms with Crippen molar-refractivity contribution >= 4 is 11.6 Å². The third kappa shape index (κ3) is 3.53. The van der Waals surface area contributed by atoms with Crippen LogP contribution in [-0.2, 0) is 6.42 Å². The van der Waals surface area contributed by atoms with Crippen molar-refractivity contribution in [3.8, 4) is 11.1 Å². The van der Waals surface area contributed by atoms with E-state index < -0.39 is 0 Å². The molecule has 3 heteroatoms. The SMILES string of the molecule is NC(Cc1cccc(-c2ccc(Cl)cc2)c1)c1ccncc1. The fourth-order valence-corrected chi connectivity index (χ4v) is 2.63. The highest BCUT2D eigenvalue weighted by molar-refractivity contribution is 6.30. The van der Waals surface area contributed by atoms with Crippen molar-refractivity contribution in [2.75, 3.05) is 0 Å². The molecule has 0 spiro atoms. The number of nitrogens with zero attached hydrogens (tertiary/aromatic N) is 1. The topological polar surface area (TPSA) is 38.9 Å². The van der Waals surface area contributed by atoms with Crippen LogP contribution in [0.15, 0.2) is 73.1 Å². The minimum atomic E-state index is -0.0246. The van der Waals surface area contributed by atoms with Crippen LogP contribution in [0.25, 0.3) is 11.1 Å². The lowest BCUT2D eigenvalue weighted by atomic mass is 9.97. The maximum atomic E-state index is 6.29. The molecule has 0 amide bonds. The van der Waals surface area contributed by atoms with Crippen molar-refractivity contribution in [3.05, 3.63) is 89.2 Å². The van der Waals surface area contributed by atoms with Gasteiger partial charge in [-0.1, -0.05) is 48.0 Å². The molecule has 3 rings (SSSR count). The molecule has 110 valence electrons.